The number of hydrogen-bond acceptors (Lipinski definition) is 21. The Balaban J connectivity index is 0.000000239. The van der Waals surface area contributed by atoms with Gasteiger partial charge in [-0.1, -0.05) is 18.2 Å². The average molecular weight is 1890 g/mol. The number of carbonyl (C=O) groups excluding carboxylic acids is 6. The van der Waals surface area contributed by atoms with Gasteiger partial charge < -0.3 is 79.2 Å². The fraction of sp³-hybridized carbons (Fsp3) is 0.354. The number of amides is 5. The van der Waals surface area contributed by atoms with E-state index in [2.05, 4.69) is 46.4 Å². The van der Waals surface area contributed by atoms with Gasteiger partial charge in [-0.2, -0.15) is 26.3 Å². The first-order valence-corrected chi connectivity index (χ1v) is 37.2. The van der Waals surface area contributed by atoms with Crippen LogP contribution in [0.15, 0.2) is 146 Å². The number of anilines is 5. The van der Waals surface area contributed by atoms with E-state index < -0.39 is 58.0 Å². The summed E-state index contributed by atoms with van der Waals surface area (Å²) in [6, 6.07) is 32.5. The Bertz CT molecular complexity index is 4940. The largest absolute Gasteiger partial charge is 1.00 e. The van der Waals surface area contributed by atoms with Crippen LogP contribution in [0.1, 0.15) is 136 Å². The fourth-order valence-electron chi connectivity index (χ4n) is 12.4. The number of carbonyl (C=O) groups is 8. The van der Waals surface area contributed by atoms with Crippen LogP contribution in [0.4, 0.5) is 65.7 Å². The van der Waals surface area contributed by atoms with Crippen molar-refractivity contribution < 1.29 is 249 Å². The van der Waals surface area contributed by atoms with Crippen molar-refractivity contribution in [2.75, 3.05) is 27.0 Å². The number of carboxylic acids is 2. The third-order valence-corrected chi connectivity index (χ3v) is 18.8. The van der Waals surface area contributed by atoms with Gasteiger partial charge >= 0.3 is 168 Å². The van der Waals surface area contributed by atoms with E-state index in [1.54, 1.807) is 69.6 Å². The second-order valence-electron chi connectivity index (χ2n) is 29.3. The van der Waals surface area contributed by atoms with Crippen LogP contribution < -0.4 is 191 Å². The van der Waals surface area contributed by atoms with E-state index >= 15 is 0 Å². The SMILES string of the molecule is CC(C)(C)OC(=O)NCc1cc(N)cc(C(F)(F)F)c1.NCc1cc(NC(=O)C2CCc3ccc(Oc4ccnc(NC(=O)C5CC5)c4)cc3C2)cc(C(F)(F)F)c1.O=C(Nc1cc([N+](=O)[O-])ccn1)C1CC1.O=C(O)C1CCc2ccc(O)cc2C1.O=C(O)C1CCc2ccc(Oc3ccnc(NC(=O)C4CC4)c3)cc2C1.O=CO[O-].[Cs+].[Cs+].[H-]. The Kier molecular flexibility index (Phi) is 37.1. The van der Waals surface area contributed by atoms with Gasteiger partial charge in [-0.05, 0) is 247 Å². The van der Waals surface area contributed by atoms with Crippen LogP contribution in [0, 0.1) is 45.6 Å². The number of ether oxygens (including phenoxy) is 3. The number of aromatic hydroxyl groups is 1. The quantitative estimate of drug-likeness (QED) is 0.00927. The molecule has 3 unspecified atom stereocenters. The van der Waals surface area contributed by atoms with Crippen molar-refractivity contribution in [3.63, 3.8) is 0 Å². The molecule has 6 aliphatic carbocycles. The summed E-state index contributed by atoms with van der Waals surface area (Å²) in [5, 5.41) is 59.4. The number of hydrogen-bond donors (Lipinski definition) is 10. The van der Waals surface area contributed by atoms with Gasteiger partial charge in [0.15, 0.2) is 0 Å². The Morgan fingerprint density at radius 3 is 1.35 bits per heavy atom. The fourth-order valence-corrected chi connectivity index (χ4v) is 12.4. The Labute approximate surface area is 798 Å². The molecule has 3 saturated carbocycles. The minimum absolute atomic E-state index is 0. The van der Waals surface area contributed by atoms with Crippen molar-refractivity contribution in [1.82, 2.24) is 20.3 Å². The number of aliphatic carboxylic acids is 2. The number of aromatic nitrogens is 3. The minimum Gasteiger partial charge on any atom is -1.00 e. The topological polar surface area (TPSA) is 451 Å². The molecule has 29 nitrogen and oxygen atoms in total. The number of pyridine rings is 3. The van der Waals surface area contributed by atoms with E-state index in [1.807, 2.05) is 42.5 Å². The number of nitrogens with one attached hydrogen (secondary N) is 5. The first-order chi connectivity index (χ1) is 55.5. The van der Waals surface area contributed by atoms with Gasteiger partial charge in [-0.3, -0.25) is 43.7 Å². The summed E-state index contributed by atoms with van der Waals surface area (Å²) >= 11 is 0. The van der Waals surface area contributed by atoms with Crippen LogP contribution in [-0.2, 0) is 107 Å². The summed E-state index contributed by atoms with van der Waals surface area (Å²) in [4.78, 5) is 115. The molecule has 0 radical (unpaired) electrons. The van der Waals surface area contributed by atoms with Crippen LogP contribution in [0.3, 0.4) is 0 Å². The van der Waals surface area contributed by atoms with Gasteiger partial charge in [-0.25, -0.2) is 19.7 Å². The van der Waals surface area contributed by atoms with Crippen LogP contribution in [0.25, 0.3) is 0 Å². The molecule has 0 aliphatic heterocycles. The molecule has 8 aromatic rings. The van der Waals surface area contributed by atoms with E-state index in [-0.39, 0.29) is 252 Å². The zero-order chi connectivity index (χ0) is 84.9. The molecular weight excluding hydrogens is 1810 g/mol. The number of nitrogen functional groups attached to an aromatic ring is 1. The molecule has 6 aliphatic rings. The van der Waals surface area contributed by atoms with Crippen LogP contribution in [0.5, 0.6) is 28.7 Å². The number of phenols is 1. The summed E-state index contributed by atoms with van der Waals surface area (Å²) in [5.41, 5.74) is 15.5. The maximum atomic E-state index is 13.3. The molecule has 14 rings (SSSR count). The van der Waals surface area contributed by atoms with Gasteiger partial charge in [0.2, 0.25) is 23.6 Å². The van der Waals surface area contributed by atoms with Crippen molar-refractivity contribution in [2.45, 2.75) is 148 Å². The number of halogens is 6. The van der Waals surface area contributed by atoms with E-state index in [4.69, 9.17) is 40.8 Å². The zero-order valence-electron chi connectivity index (χ0n) is 66.6. The van der Waals surface area contributed by atoms with Gasteiger partial charge in [-0.15, -0.1) is 0 Å². The maximum Gasteiger partial charge on any atom is 1.00 e. The molecule has 0 spiro atoms. The van der Waals surface area contributed by atoms with Crippen molar-refractivity contribution >= 4 is 82.6 Å². The summed E-state index contributed by atoms with van der Waals surface area (Å²) in [5.74, 6) is 0.906. The molecule has 5 aromatic carbocycles. The number of nitrogens with zero attached hydrogens (tertiary/aromatic N) is 4. The maximum absolute atomic E-state index is 13.3. The molecule has 5 amide bonds. The number of aryl methyl sites for hydroxylation is 3. The Hall–Kier alpha value is -8.69. The zero-order valence-corrected chi connectivity index (χ0v) is 78.2. The second kappa shape index (κ2) is 45.3. The molecule has 3 atom stereocenters. The molecule has 119 heavy (non-hydrogen) atoms. The van der Waals surface area contributed by atoms with E-state index in [1.165, 1.54) is 41.6 Å². The first-order valence-electron chi connectivity index (χ1n) is 37.2. The number of alkyl halides is 6. The van der Waals surface area contributed by atoms with Crippen molar-refractivity contribution in [3.8, 4) is 28.7 Å². The van der Waals surface area contributed by atoms with Gasteiger partial charge in [0.05, 0.1) is 34.0 Å². The van der Waals surface area contributed by atoms with Crippen molar-refractivity contribution in [2.24, 2.45) is 41.2 Å². The van der Waals surface area contributed by atoms with Crippen LogP contribution >= 0.6 is 0 Å². The van der Waals surface area contributed by atoms with E-state index in [0.717, 1.165) is 97.9 Å². The number of nitrogens with two attached hydrogens (primary N) is 2. The molecule has 622 valence electrons. The molecule has 3 fully saturated rings. The number of phenolic OH excluding ortho intramolecular Hbond substituents is 1. The third-order valence-electron chi connectivity index (χ3n) is 18.8. The van der Waals surface area contributed by atoms with Crippen LogP contribution in [0.2, 0.25) is 0 Å². The molecule has 37 heteroatoms. The first kappa shape index (κ1) is 97.4. The van der Waals surface area contributed by atoms with Gasteiger partial charge in [0.1, 0.15) is 51.8 Å². The molecule has 0 saturated heterocycles. The number of alkyl carbamates (subject to hydrolysis) is 1. The normalized spacial score (nSPS) is 15.9. The summed E-state index contributed by atoms with van der Waals surface area (Å²) < 4.78 is 94.5. The Morgan fingerprint density at radius 2 is 0.924 bits per heavy atom. The van der Waals surface area contributed by atoms with E-state index in [9.17, 15) is 80.2 Å². The Morgan fingerprint density at radius 1 is 0.521 bits per heavy atom. The van der Waals surface area contributed by atoms with Crippen molar-refractivity contribution in [1.29, 1.82) is 0 Å². The van der Waals surface area contributed by atoms with Crippen molar-refractivity contribution in [3.05, 3.63) is 212 Å². The molecule has 3 heterocycles. The smallest absolute Gasteiger partial charge is 1.00 e. The second-order valence-corrected chi connectivity index (χ2v) is 29.3. The predicted molar refractivity (Wildman–Crippen MR) is 412 cm³/mol. The minimum atomic E-state index is -4.54. The third kappa shape index (κ3) is 32.3. The van der Waals surface area contributed by atoms with Crippen LogP contribution in [-0.4, -0.2) is 88.9 Å². The number of fused-ring (bicyclic) bond motifs is 3. The standard InChI is InChI=1S/C28H27F3N4O3.C20H20N2O4.C13H17F3N2O2.C11H12O3.C9H9N3O3.CH2O3.2Cs.H/c29-28(30,31)21-9-16(15-32)10-22(13-21)34-27(37)19-4-1-17-5-6-23(12-20(17)11-19)38-24-7-8-33-25(14-24)35-26(36)18-2-3-18;23-19(13-2-3-13)22-18-11-17(7-8-21-18)26-16-6-5-12-1-4-14(20(24)25)9-15(12)10-16;1-12(2,3)20-11(19)18-7-8-4-9(13(14,15)16)6-10(17)5-8;12-10-4-3-7-1-2-8(11(13)14)5-9(7)6-10;13-9(6-1-2-6)11-8-5-7(12(14)15)3-4-10-8;2-1-4-3;;;/h5-10,12-14,18-19H,1-4,11,15,32H2,(H,34,37)(H,33,35,36);5-8,10-11,13-14H,1-4,9H2,(H,24,25)(H,21,22,23);4-6H,7,17H2,1-3H3,(H,18,19);3-4,6,8,12H,1-2,5H2,(H,13,14);3-6H,1-2H2,(H,10,11,13);1,3H;;;/q;;;;;;2*+1;-1/p-1. The molecule has 12 N–H and O–H groups in total. The summed E-state index contributed by atoms with van der Waals surface area (Å²) in [7, 11) is 0. The number of benzene rings is 5. The monoisotopic (exact) mass is 1890 g/mol. The average Bonchev–Trinajstić information content (AvgIpc) is 1.57. The molecular formula is C82H87Cs2F6N11O18. The number of nitro groups is 1. The molecule has 3 aromatic heterocycles. The van der Waals surface area contributed by atoms with Gasteiger partial charge in [0, 0.05) is 84.9 Å². The van der Waals surface area contributed by atoms with Gasteiger partial charge in [0.25, 0.3) is 12.2 Å². The molecule has 0 bridgehead atoms. The summed E-state index contributed by atoms with van der Waals surface area (Å²) in [6.07, 6.45) is 5.88. The van der Waals surface area contributed by atoms with E-state index in [0.29, 0.717) is 79.6 Å². The predicted octanol–water partition coefficient (Wildman–Crippen LogP) is 7.64. The summed E-state index contributed by atoms with van der Waals surface area (Å²) in [6.45, 7) is 4.72. The number of carboxylic acid groups (broad SMARTS) is 2. The number of rotatable bonds is 19.